The number of aromatic nitrogens is 1. The lowest BCUT2D eigenvalue weighted by Gasteiger charge is -2.03. The Labute approximate surface area is 184 Å². The zero-order chi connectivity index (χ0) is 21.3. The van der Waals surface area contributed by atoms with E-state index in [4.69, 9.17) is 23.2 Å². The molecular formula is C20H12Cl2N4O3S. The van der Waals surface area contributed by atoms with E-state index in [9.17, 15) is 14.4 Å². The summed E-state index contributed by atoms with van der Waals surface area (Å²) in [6.07, 6.45) is 1.52. The number of thiazole rings is 1. The number of urea groups is 1. The van der Waals surface area contributed by atoms with Crippen molar-refractivity contribution in [1.82, 2.24) is 15.6 Å². The van der Waals surface area contributed by atoms with E-state index in [1.165, 1.54) is 17.4 Å². The van der Waals surface area contributed by atoms with Crippen LogP contribution in [0, 0.1) is 0 Å². The monoisotopic (exact) mass is 458 g/mol. The minimum atomic E-state index is -0.564. The van der Waals surface area contributed by atoms with Crippen LogP contribution in [0.5, 0.6) is 0 Å². The van der Waals surface area contributed by atoms with Gasteiger partial charge in [0.1, 0.15) is 5.70 Å². The Hall–Kier alpha value is -3.20. The molecule has 3 N–H and O–H groups in total. The summed E-state index contributed by atoms with van der Waals surface area (Å²) in [5.41, 5.74) is 2.70. The van der Waals surface area contributed by atoms with Gasteiger partial charge in [-0.2, -0.15) is 0 Å². The summed E-state index contributed by atoms with van der Waals surface area (Å²) >= 11 is 13.3. The fraction of sp³-hybridized carbons (Fsp3) is 0. The second kappa shape index (κ2) is 8.27. The van der Waals surface area contributed by atoms with Crippen LogP contribution in [0.2, 0.25) is 10.0 Å². The van der Waals surface area contributed by atoms with Crippen LogP contribution in [0.1, 0.15) is 15.9 Å². The summed E-state index contributed by atoms with van der Waals surface area (Å²) in [4.78, 5) is 39.6. The van der Waals surface area contributed by atoms with Crippen molar-refractivity contribution in [3.05, 3.63) is 74.7 Å². The van der Waals surface area contributed by atoms with Crippen LogP contribution in [0.3, 0.4) is 0 Å². The lowest BCUT2D eigenvalue weighted by atomic mass is 10.1. The van der Waals surface area contributed by atoms with Gasteiger partial charge in [0, 0.05) is 16.5 Å². The van der Waals surface area contributed by atoms with Crippen LogP contribution in [0.15, 0.2) is 53.5 Å². The Balaban J connectivity index is 1.45. The SMILES string of the molecule is O=C1NC(=O)/C(=C/c2ccc(C(=O)Nc3nc(-c4ccc(Cl)c(Cl)c4)cs3)cc2)N1. The normalized spacial score (nSPS) is 14.5. The number of amides is 4. The van der Waals surface area contributed by atoms with E-state index < -0.39 is 11.9 Å². The van der Waals surface area contributed by atoms with Crippen molar-refractivity contribution in [2.75, 3.05) is 5.32 Å². The molecule has 1 saturated heterocycles. The summed E-state index contributed by atoms with van der Waals surface area (Å²) in [5, 5.41) is 10.4. The van der Waals surface area contributed by atoms with Crippen LogP contribution in [-0.4, -0.2) is 22.8 Å². The molecule has 0 atom stereocenters. The Bertz CT molecular complexity index is 1210. The number of hydrogen-bond acceptors (Lipinski definition) is 5. The standard InChI is InChI=1S/C20H12Cl2N4O3S/c21-13-6-5-12(8-14(13)22)16-9-30-20(24-16)26-17(27)11-3-1-10(2-4-11)7-15-18(28)25-19(29)23-15/h1-9H,(H,24,26,27)(H2,23,25,28,29)/b15-7-. The average molecular weight is 459 g/mol. The van der Waals surface area contributed by atoms with Crippen LogP contribution >= 0.6 is 34.5 Å². The molecule has 4 rings (SSSR count). The van der Waals surface area contributed by atoms with Crippen LogP contribution < -0.4 is 16.0 Å². The maximum atomic E-state index is 12.5. The molecule has 0 bridgehead atoms. The minimum absolute atomic E-state index is 0.148. The zero-order valence-electron chi connectivity index (χ0n) is 15.0. The second-order valence-corrected chi connectivity index (χ2v) is 7.88. The molecule has 1 aliphatic heterocycles. The van der Waals surface area contributed by atoms with Gasteiger partial charge in [-0.25, -0.2) is 9.78 Å². The van der Waals surface area contributed by atoms with E-state index in [1.54, 1.807) is 42.5 Å². The van der Waals surface area contributed by atoms with E-state index in [0.717, 1.165) is 5.56 Å². The van der Waals surface area contributed by atoms with Crippen molar-refractivity contribution < 1.29 is 14.4 Å². The van der Waals surface area contributed by atoms with Crippen LogP contribution in [-0.2, 0) is 4.79 Å². The largest absolute Gasteiger partial charge is 0.326 e. The predicted octanol–water partition coefficient (Wildman–Crippen LogP) is 4.55. The molecule has 1 fully saturated rings. The van der Waals surface area contributed by atoms with Gasteiger partial charge in [-0.05, 0) is 35.9 Å². The van der Waals surface area contributed by atoms with E-state index in [-0.39, 0.29) is 11.6 Å². The molecule has 0 aliphatic carbocycles. The zero-order valence-corrected chi connectivity index (χ0v) is 17.4. The van der Waals surface area contributed by atoms with E-state index in [0.29, 0.717) is 32.0 Å². The molecule has 0 unspecified atom stereocenters. The molecule has 1 aliphatic rings. The highest BCUT2D eigenvalue weighted by Gasteiger charge is 2.22. The van der Waals surface area contributed by atoms with Crippen molar-refractivity contribution >= 4 is 63.6 Å². The van der Waals surface area contributed by atoms with Gasteiger partial charge in [0.15, 0.2) is 5.13 Å². The first-order valence-electron chi connectivity index (χ1n) is 8.55. The van der Waals surface area contributed by atoms with E-state index in [1.807, 2.05) is 5.38 Å². The number of hydrogen-bond donors (Lipinski definition) is 3. The Morgan fingerprint density at radius 1 is 1.03 bits per heavy atom. The molecule has 0 radical (unpaired) electrons. The third-order valence-electron chi connectivity index (χ3n) is 4.14. The van der Waals surface area contributed by atoms with Crippen molar-refractivity contribution in [2.45, 2.75) is 0 Å². The number of benzene rings is 2. The molecule has 150 valence electrons. The quantitative estimate of drug-likeness (QED) is 0.394. The highest BCUT2D eigenvalue weighted by molar-refractivity contribution is 7.14. The van der Waals surface area contributed by atoms with Gasteiger partial charge in [-0.1, -0.05) is 41.4 Å². The van der Waals surface area contributed by atoms with Gasteiger partial charge in [-0.3, -0.25) is 20.2 Å². The van der Waals surface area contributed by atoms with Gasteiger partial charge in [0.2, 0.25) is 0 Å². The number of anilines is 1. The summed E-state index contributed by atoms with van der Waals surface area (Å²) in [7, 11) is 0. The molecule has 0 saturated carbocycles. The Morgan fingerprint density at radius 2 is 1.80 bits per heavy atom. The van der Waals surface area contributed by atoms with Gasteiger partial charge in [0.05, 0.1) is 15.7 Å². The number of carbonyl (C=O) groups is 3. The molecule has 3 aromatic rings. The van der Waals surface area contributed by atoms with Crippen molar-refractivity contribution in [1.29, 1.82) is 0 Å². The van der Waals surface area contributed by atoms with Crippen LogP contribution in [0.4, 0.5) is 9.93 Å². The smallest absolute Gasteiger partial charge is 0.303 e. The van der Waals surface area contributed by atoms with E-state index >= 15 is 0 Å². The lowest BCUT2D eigenvalue weighted by Crippen LogP contribution is -2.22. The number of rotatable bonds is 4. The average Bonchev–Trinajstić information content (AvgIpc) is 3.30. The molecule has 2 heterocycles. The maximum Gasteiger partial charge on any atom is 0.326 e. The van der Waals surface area contributed by atoms with Crippen molar-refractivity contribution in [3.63, 3.8) is 0 Å². The number of nitrogens with one attached hydrogen (secondary N) is 3. The first-order chi connectivity index (χ1) is 14.4. The summed E-state index contributed by atoms with van der Waals surface area (Å²) in [6.45, 7) is 0. The van der Waals surface area contributed by atoms with Crippen molar-refractivity contribution in [2.24, 2.45) is 0 Å². The number of imide groups is 1. The Kier molecular flexibility index (Phi) is 5.54. The first kappa shape index (κ1) is 20.1. The molecule has 2 aromatic carbocycles. The fourth-order valence-corrected chi connectivity index (χ4v) is 3.68. The summed E-state index contributed by atoms with van der Waals surface area (Å²) in [5.74, 6) is -0.820. The summed E-state index contributed by atoms with van der Waals surface area (Å²) in [6, 6.07) is 11.2. The molecule has 10 heteroatoms. The maximum absolute atomic E-state index is 12.5. The molecule has 4 amide bonds. The third kappa shape index (κ3) is 4.35. The first-order valence-corrected chi connectivity index (χ1v) is 10.2. The highest BCUT2D eigenvalue weighted by atomic mass is 35.5. The predicted molar refractivity (Wildman–Crippen MR) is 117 cm³/mol. The fourth-order valence-electron chi connectivity index (χ4n) is 2.67. The highest BCUT2D eigenvalue weighted by Crippen LogP contribution is 2.30. The van der Waals surface area contributed by atoms with Crippen LogP contribution in [0.25, 0.3) is 17.3 Å². The third-order valence-corrected chi connectivity index (χ3v) is 5.64. The molecule has 0 spiro atoms. The molecule has 7 nitrogen and oxygen atoms in total. The molecule has 1 aromatic heterocycles. The molecular weight excluding hydrogens is 447 g/mol. The minimum Gasteiger partial charge on any atom is -0.303 e. The Morgan fingerprint density at radius 3 is 2.47 bits per heavy atom. The summed E-state index contributed by atoms with van der Waals surface area (Å²) < 4.78 is 0. The van der Waals surface area contributed by atoms with Crippen molar-refractivity contribution in [3.8, 4) is 11.3 Å². The number of carbonyl (C=O) groups excluding carboxylic acids is 3. The topological polar surface area (TPSA) is 100 Å². The number of halogens is 2. The van der Waals surface area contributed by atoms with E-state index in [2.05, 4.69) is 20.9 Å². The van der Waals surface area contributed by atoms with Gasteiger partial charge in [-0.15, -0.1) is 11.3 Å². The lowest BCUT2D eigenvalue weighted by molar-refractivity contribution is -0.115. The van der Waals surface area contributed by atoms with Gasteiger partial charge in [0.25, 0.3) is 11.8 Å². The van der Waals surface area contributed by atoms with Gasteiger partial charge < -0.3 is 5.32 Å². The number of nitrogens with zero attached hydrogens (tertiary/aromatic N) is 1. The second-order valence-electron chi connectivity index (χ2n) is 6.21. The molecule has 30 heavy (non-hydrogen) atoms. The van der Waals surface area contributed by atoms with Gasteiger partial charge >= 0.3 is 6.03 Å².